The van der Waals surface area contributed by atoms with E-state index in [0.29, 0.717) is 30.7 Å². The molecule has 16 heavy (non-hydrogen) atoms. The number of hydrogen-bond acceptors (Lipinski definition) is 4. The Morgan fingerprint density at radius 2 is 2.31 bits per heavy atom. The van der Waals surface area contributed by atoms with Gasteiger partial charge in [-0.1, -0.05) is 11.6 Å². The fraction of sp³-hybridized carbons (Fsp3) is 0.545. The van der Waals surface area contributed by atoms with E-state index in [4.69, 9.17) is 26.8 Å². The van der Waals surface area contributed by atoms with Crippen LogP contribution in [0.25, 0.3) is 0 Å². The van der Waals surface area contributed by atoms with Gasteiger partial charge in [0.05, 0.1) is 11.6 Å². The molecule has 0 bridgehead atoms. The number of hydrogen-bond donors (Lipinski definition) is 1. The Labute approximate surface area is 101 Å². The second-order valence-corrected chi connectivity index (χ2v) is 3.81. The molecule has 0 amide bonds. The zero-order chi connectivity index (χ0) is 12.0. The van der Waals surface area contributed by atoms with Gasteiger partial charge < -0.3 is 15.2 Å². The summed E-state index contributed by atoms with van der Waals surface area (Å²) in [5.74, 6) is 0.525. The summed E-state index contributed by atoms with van der Waals surface area (Å²) in [7, 11) is 0. The highest BCUT2D eigenvalue weighted by Gasteiger charge is 2.07. The number of pyridine rings is 1. The molecule has 0 aliphatic heterocycles. The lowest BCUT2D eigenvalue weighted by molar-refractivity contribution is 0.0633. The minimum atomic E-state index is -0.0424. The van der Waals surface area contributed by atoms with Crippen molar-refractivity contribution in [2.75, 3.05) is 13.2 Å². The molecule has 1 atom stereocenters. The van der Waals surface area contributed by atoms with Gasteiger partial charge in [-0.2, -0.15) is 0 Å². The van der Waals surface area contributed by atoms with E-state index in [1.807, 2.05) is 13.8 Å². The van der Waals surface area contributed by atoms with Gasteiger partial charge in [0.25, 0.3) is 0 Å². The first-order chi connectivity index (χ1) is 7.67. The van der Waals surface area contributed by atoms with Crippen molar-refractivity contribution in [3.8, 4) is 5.88 Å². The first kappa shape index (κ1) is 13.2. The number of nitrogens with two attached hydrogens (primary N) is 1. The molecule has 4 nitrogen and oxygen atoms in total. The average Bonchev–Trinajstić information content (AvgIpc) is 2.29. The lowest BCUT2D eigenvalue weighted by Crippen LogP contribution is -2.19. The van der Waals surface area contributed by atoms with Crippen LogP contribution < -0.4 is 10.5 Å². The highest BCUT2D eigenvalue weighted by molar-refractivity contribution is 6.31. The maximum absolute atomic E-state index is 5.89. The smallest absolute Gasteiger partial charge is 0.213 e. The minimum Gasteiger partial charge on any atom is -0.472 e. The van der Waals surface area contributed by atoms with E-state index in [1.165, 1.54) is 0 Å². The first-order valence-corrected chi connectivity index (χ1v) is 5.64. The maximum Gasteiger partial charge on any atom is 0.213 e. The summed E-state index contributed by atoms with van der Waals surface area (Å²) in [6, 6.07) is 1.75. The molecule has 0 saturated carbocycles. The molecule has 1 aromatic rings. The lowest BCUT2D eigenvalue weighted by Gasteiger charge is -2.14. The third-order valence-electron chi connectivity index (χ3n) is 2.01. The third-order valence-corrected chi connectivity index (χ3v) is 2.35. The molecule has 0 radical (unpaired) electrons. The molecule has 0 saturated heterocycles. The molecule has 0 spiro atoms. The van der Waals surface area contributed by atoms with Gasteiger partial charge >= 0.3 is 0 Å². The summed E-state index contributed by atoms with van der Waals surface area (Å²) in [5.41, 5.74) is 6.37. The van der Waals surface area contributed by atoms with Crippen molar-refractivity contribution in [3.63, 3.8) is 0 Å². The second kappa shape index (κ2) is 6.68. The summed E-state index contributed by atoms with van der Waals surface area (Å²) in [6.07, 6.45) is 1.51. The van der Waals surface area contributed by atoms with Gasteiger partial charge in [0.15, 0.2) is 0 Å². The standard InChI is InChI=1S/C11H17ClN2O2/c1-3-15-7-8(2)16-11-4-9(5-13)10(12)6-14-11/h4,6,8H,3,5,7,13H2,1-2H3. The van der Waals surface area contributed by atoms with Crippen molar-refractivity contribution in [1.29, 1.82) is 0 Å². The molecule has 5 heteroatoms. The molecule has 0 aliphatic rings. The highest BCUT2D eigenvalue weighted by Crippen LogP contribution is 2.19. The quantitative estimate of drug-likeness (QED) is 0.832. The Morgan fingerprint density at radius 3 is 2.94 bits per heavy atom. The van der Waals surface area contributed by atoms with Gasteiger partial charge in [0.1, 0.15) is 6.10 Å². The van der Waals surface area contributed by atoms with Gasteiger partial charge in [-0.25, -0.2) is 4.98 Å². The Hall–Kier alpha value is -0.840. The van der Waals surface area contributed by atoms with E-state index < -0.39 is 0 Å². The number of aromatic nitrogens is 1. The van der Waals surface area contributed by atoms with Crippen LogP contribution in [0.1, 0.15) is 19.4 Å². The highest BCUT2D eigenvalue weighted by atomic mass is 35.5. The molecule has 0 aromatic carbocycles. The molecular weight excluding hydrogens is 228 g/mol. The average molecular weight is 245 g/mol. The fourth-order valence-electron chi connectivity index (χ4n) is 1.20. The Balaban J connectivity index is 2.59. The van der Waals surface area contributed by atoms with E-state index in [9.17, 15) is 0 Å². The van der Waals surface area contributed by atoms with E-state index in [2.05, 4.69) is 4.98 Å². The van der Waals surface area contributed by atoms with Crippen LogP contribution >= 0.6 is 11.6 Å². The van der Waals surface area contributed by atoms with Crippen molar-refractivity contribution in [3.05, 3.63) is 22.8 Å². The zero-order valence-electron chi connectivity index (χ0n) is 9.57. The molecule has 0 fully saturated rings. The summed E-state index contributed by atoms with van der Waals surface area (Å²) in [6.45, 7) is 5.46. The van der Waals surface area contributed by atoms with Gasteiger partial charge in [0.2, 0.25) is 5.88 Å². The molecule has 1 heterocycles. The van der Waals surface area contributed by atoms with Crippen LogP contribution in [0.5, 0.6) is 5.88 Å². The summed E-state index contributed by atoms with van der Waals surface area (Å²) >= 11 is 5.89. The number of halogens is 1. The zero-order valence-corrected chi connectivity index (χ0v) is 10.3. The summed E-state index contributed by atoms with van der Waals surface area (Å²) in [4.78, 5) is 4.07. The van der Waals surface area contributed by atoms with Crippen molar-refractivity contribution in [2.45, 2.75) is 26.5 Å². The summed E-state index contributed by atoms with van der Waals surface area (Å²) in [5, 5.41) is 0.562. The molecule has 1 aromatic heterocycles. The minimum absolute atomic E-state index is 0.0424. The molecule has 1 unspecified atom stereocenters. The Kier molecular flexibility index (Phi) is 5.52. The molecule has 0 aliphatic carbocycles. The van der Waals surface area contributed by atoms with Gasteiger partial charge in [0, 0.05) is 25.4 Å². The lowest BCUT2D eigenvalue weighted by atomic mass is 10.2. The van der Waals surface area contributed by atoms with E-state index in [0.717, 1.165) is 5.56 Å². The molecular formula is C11H17ClN2O2. The topological polar surface area (TPSA) is 57.4 Å². The van der Waals surface area contributed by atoms with Crippen LogP contribution in [0.3, 0.4) is 0 Å². The van der Waals surface area contributed by atoms with Crippen LogP contribution in [-0.2, 0) is 11.3 Å². The predicted molar refractivity (Wildman–Crippen MR) is 63.7 cm³/mol. The number of ether oxygens (including phenoxy) is 2. The third kappa shape index (κ3) is 3.96. The van der Waals surface area contributed by atoms with Crippen molar-refractivity contribution in [1.82, 2.24) is 4.98 Å². The van der Waals surface area contributed by atoms with Crippen LogP contribution in [0.2, 0.25) is 5.02 Å². The monoisotopic (exact) mass is 244 g/mol. The Bertz CT molecular complexity index is 334. The number of nitrogens with zero attached hydrogens (tertiary/aromatic N) is 1. The van der Waals surface area contributed by atoms with Gasteiger partial charge in [-0.15, -0.1) is 0 Å². The SMILES string of the molecule is CCOCC(C)Oc1cc(CN)c(Cl)cn1. The maximum atomic E-state index is 5.89. The van der Waals surface area contributed by atoms with Crippen molar-refractivity contribution in [2.24, 2.45) is 5.73 Å². The van der Waals surface area contributed by atoms with E-state index in [-0.39, 0.29) is 6.10 Å². The van der Waals surface area contributed by atoms with Crippen LogP contribution in [0.15, 0.2) is 12.3 Å². The molecule has 1 rings (SSSR count). The fourth-order valence-corrected chi connectivity index (χ4v) is 1.38. The van der Waals surface area contributed by atoms with Crippen LogP contribution in [0, 0.1) is 0 Å². The van der Waals surface area contributed by atoms with Gasteiger partial charge in [-0.3, -0.25) is 0 Å². The van der Waals surface area contributed by atoms with Crippen LogP contribution in [-0.4, -0.2) is 24.3 Å². The molecule has 2 N–H and O–H groups in total. The second-order valence-electron chi connectivity index (χ2n) is 3.41. The van der Waals surface area contributed by atoms with E-state index in [1.54, 1.807) is 12.3 Å². The van der Waals surface area contributed by atoms with Crippen molar-refractivity contribution < 1.29 is 9.47 Å². The number of rotatable bonds is 6. The first-order valence-electron chi connectivity index (χ1n) is 5.26. The van der Waals surface area contributed by atoms with Crippen LogP contribution in [0.4, 0.5) is 0 Å². The molecule has 90 valence electrons. The summed E-state index contributed by atoms with van der Waals surface area (Å²) < 4.78 is 10.8. The largest absolute Gasteiger partial charge is 0.472 e. The normalized spacial score (nSPS) is 12.5. The van der Waals surface area contributed by atoms with Crippen molar-refractivity contribution >= 4 is 11.6 Å². The Morgan fingerprint density at radius 1 is 1.56 bits per heavy atom. The predicted octanol–water partition coefficient (Wildman–Crippen LogP) is 2.00. The van der Waals surface area contributed by atoms with E-state index >= 15 is 0 Å². The van der Waals surface area contributed by atoms with Gasteiger partial charge in [-0.05, 0) is 19.4 Å².